The predicted molar refractivity (Wildman–Crippen MR) is 171 cm³/mol. The quantitative estimate of drug-likeness (QED) is 0.220. The van der Waals surface area contributed by atoms with Gasteiger partial charge in [-0.15, -0.1) is 0 Å². The summed E-state index contributed by atoms with van der Waals surface area (Å²) in [7, 11) is 19.6. The zero-order chi connectivity index (χ0) is 29.2. The van der Waals surface area contributed by atoms with E-state index < -0.39 is 34.1 Å². The maximum absolute atomic E-state index is 4.89. The van der Waals surface area contributed by atoms with Gasteiger partial charge in [-0.05, 0) is 103 Å². The van der Waals surface area contributed by atoms with Crippen LogP contribution in [0, 0.1) is 58.2 Å². The van der Waals surface area contributed by atoms with Gasteiger partial charge in [-0.25, -0.2) is 0 Å². The van der Waals surface area contributed by atoms with Gasteiger partial charge in [0.25, 0.3) is 0 Å². The van der Waals surface area contributed by atoms with Crippen molar-refractivity contribution in [1.29, 1.82) is 0 Å². The Hall–Kier alpha value is 2.59. The second-order valence-electron chi connectivity index (χ2n) is 15.1. The molecule has 0 saturated heterocycles. The summed E-state index contributed by atoms with van der Waals surface area (Å²) in [6.07, 6.45) is 30.1. The summed E-state index contributed by atoms with van der Waals surface area (Å²) in [6.45, 7) is 9.99. The average Bonchev–Trinajstić information content (AvgIpc) is 3.78. The van der Waals surface area contributed by atoms with Gasteiger partial charge in [0.2, 0.25) is 0 Å². The molecule has 4 bridgehead atoms. The van der Waals surface area contributed by atoms with Crippen molar-refractivity contribution >= 4 is 37.2 Å². The van der Waals surface area contributed by atoms with Gasteiger partial charge in [0.15, 0.2) is 0 Å². The van der Waals surface area contributed by atoms with E-state index in [2.05, 4.69) is 27.7 Å². The van der Waals surface area contributed by atoms with Crippen LogP contribution in [-0.2, 0) is 34.1 Å². The Balaban J connectivity index is 0.000000146. The van der Waals surface area contributed by atoms with Gasteiger partial charge in [-0.2, -0.15) is 0 Å². The molecule has 10 saturated carbocycles. The molecule has 0 aromatic carbocycles. The maximum atomic E-state index is 4.89. The summed E-state index contributed by atoms with van der Waals surface area (Å²) in [6, 6.07) is 0. The van der Waals surface area contributed by atoms with Crippen LogP contribution in [0.4, 0.5) is 0 Å². The van der Waals surface area contributed by atoms with Crippen molar-refractivity contribution in [2.45, 2.75) is 156 Å². The van der Waals surface area contributed by atoms with Crippen LogP contribution in [-0.4, -0.2) is 0 Å². The van der Waals surface area contributed by atoms with Crippen LogP contribution in [0.25, 0.3) is 0 Å². The molecule has 6 atom stereocenters. The molecule has 10 aliphatic carbocycles. The van der Waals surface area contributed by atoms with Crippen molar-refractivity contribution in [3.05, 3.63) is 11.8 Å². The van der Waals surface area contributed by atoms with Crippen LogP contribution >= 0.6 is 37.2 Å². The topological polar surface area (TPSA) is 0 Å². The molecule has 40 heavy (non-hydrogen) atoms. The minimum atomic E-state index is -0.556. The first-order valence-corrected chi connectivity index (χ1v) is 25.4. The second kappa shape index (κ2) is 18.7. The van der Waals surface area contributed by atoms with Crippen molar-refractivity contribution < 1.29 is 34.1 Å². The third-order valence-electron chi connectivity index (χ3n) is 12.6. The van der Waals surface area contributed by atoms with Crippen LogP contribution in [0.5, 0.6) is 0 Å². The first kappa shape index (κ1) is 37.1. The molecule has 10 aliphatic rings. The van der Waals surface area contributed by atoms with Crippen molar-refractivity contribution in [1.82, 2.24) is 0 Å². The number of halogens is 4. The number of hydrogen-bond acceptors (Lipinski definition) is 0. The predicted octanol–water partition coefficient (Wildman–Crippen LogP) is 13.5. The van der Waals surface area contributed by atoms with Crippen molar-refractivity contribution in [3.8, 4) is 0 Å². The monoisotopic (exact) mass is 702 g/mol. The molecule has 0 N–H and O–H groups in total. The van der Waals surface area contributed by atoms with Gasteiger partial charge in [-0.3, -0.25) is 0 Å². The molecule has 0 heterocycles. The first-order valence-electron chi connectivity index (χ1n) is 16.9. The zero-order valence-electron chi connectivity index (χ0n) is 26.1. The molecule has 0 aromatic heterocycles. The Morgan fingerprint density at radius 2 is 1.10 bits per heavy atom. The average molecular weight is 704 g/mol. The van der Waals surface area contributed by atoms with E-state index in [1.807, 2.05) is 11.8 Å². The number of hydrogen-bond donors (Lipinski definition) is 0. The van der Waals surface area contributed by atoms with E-state index >= 15 is 0 Å². The summed E-state index contributed by atoms with van der Waals surface area (Å²) in [5.41, 5.74) is 1.40. The minimum absolute atomic E-state index is 0.556. The summed E-state index contributed by atoms with van der Waals surface area (Å²) in [5, 5.41) is 0. The Morgan fingerprint density at radius 3 is 1.57 bits per heavy atom. The molecule has 10 rings (SSSR count). The van der Waals surface area contributed by atoms with Gasteiger partial charge in [0.1, 0.15) is 0 Å². The number of rotatable bonds is 0. The molecule has 0 aliphatic heterocycles. The Kier molecular flexibility index (Phi) is 17.3. The van der Waals surface area contributed by atoms with Gasteiger partial charge < -0.3 is 0 Å². The second-order valence-corrected chi connectivity index (χ2v) is 20.3. The first-order chi connectivity index (χ1) is 19.2. The molecule has 10 fully saturated rings. The fourth-order valence-corrected chi connectivity index (χ4v) is 9.94. The Morgan fingerprint density at radius 1 is 0.575 bits per heavy atom. The van der Waals surface area contributed by atoms with Gasteiger partial charge >= 0.3 is 71.3 Å². The van der Waals surface area contributed by atoms with E-state index in [1.54, 1.807) is 25.7 Å². The van der Waals surface area contributed by atoms with E-state index in [4.69, 9.17) is 37.2 Å². The summed E-state index contributed by atoms with van der Waals surface area (Å²) in [5.74, 6) is 10.3. The van der Waals surface area contributed by atoms with Crippen LogP contribution in [0.15, 0.2) is 0 Å². The molecule has 0 amide bonds. The summed E-state index contributed by atoms with van der Waals surface area (Å²) >= 11 is -1.11. The normalized spacial score (nSPS) is 36.7. The van der Waals surface area contributed by atoms with E-state index in [0.717, 1.165) is 40.9 Å². The van der Waals surface area contributed by atoms with Crippen molar-refractivity contribution in [3.63, 3.8) is 0 Å². The fraction of sp³-hybridized carbons (Fsp3) is 0.941. The molecular weight excluding hydrogens is 646 g/mol. The van der Waals surface area contributed by atoms with Crippen LogP contribution in [0.3, 0.4) is 0 Å². The molecule has 2 radical (unpaired) electrons. The standard InChI is InChI=1S/C12H20.C12H18.2C5H10.4ClH.2Ti/c2*1-12(2)9-6-8-4-3-5-10(8)11(12)7-9;2*1-2-4-5-3-1;;;;;;/h8-11H,3-7H2,1-2H3;9,11H,3-7H2,1-2H3;2*1-5H2;4*1H;;/q;;;;;;;;2*+2/p-4. The van der Waals surface area contributed by atoms with Crippen LogP contribution < -0.4 is 0 Å². The zero-order valence-corrected chi connectivity index (χ0v) is 32.3. The van der Waals surface area contributed by atoms with Crippen molar-refractivity contribution in [2.24, 2.45) is 46.3 Å². The third-order valence-corrected chi connectivity index (χ3v) is 12.6. The Labute approximate surface area is 283 Å². The van der Waals surface area contributed by atoms with E-state index in [1.165, 1.54) is 103 Å². The molecule has 0 nitrogen and oxygen atoms in total. The molecule has 230 valence electrons. The Bertz CT molecular complexity index is 620. The molecular formula is C34H58Cl4Ti2. The van der Waals surface area contributed by atoms with Crippen LogP contribution in [0.2, 0.25) is 0 Å². The summed E-state index contributed by atoms with van der Waals surface area (Å²) < 4.78 is 0. The van der Waals surface area contributed by atoms with E-state index in [0.29, 0.717) is 5.41 Å². The summed E-state index contributed by atoms with van der Waals surface area (Å²) in [4.78, 5) is 0. The van der Waals surface area contributed by atoms with E-state index in [9.17, 15) is 0 Å². The SMILES string of the molecule is C1CCCC1.C1CCCC1.CC1(C)C2CC3CCCC3C1C2.CC1(C)C2C[C]3CCC[C]3C1C2.[Cl][Ti][Cl].[Cl][Ti][Cl]. The fourth-order valence-electron chi connectivity index (χ4n) is 9.94. The molecule has 0 aromatic rings. The van der Waals surface area contributed by atoms with Crippen molar-refractivity contribution in [2.75, 3.05) is 0 Å². The molecule has 6 heteroatoms. The third kappa shape index (κ3) is 9.79. The molecule has 6 unspecified atom stereocenters. The van der Waals surface area contributed by atoms with Gasteiger partial charge in [-0.1, -0.05) is 111 Å². The van der Waals surface area contributed by atoms with Gasteiger partial charge in [0, 0.05) is 0 Å². The van der Waals surface area contributed by atoms with E-state index in [-0.39, 0.29) is 0 Å². The van der Waals surface area contributed by atoms with Crippen LogP contribution in [0.1, 0.15) is 156 Å². The van der Waals surface area contributed by atoms with Gasteiger partial charge in [0.05, 0.1) is 0 Å². The molecule has 0 spiro atoms.